The zero-order valence-electron chi connectivity index (χ0n) is 20.5. The molecule has 7 nitrogen and oxygen atoms in total. The summed E-state index contributed by atoms with van der Waals surface area (Å²) >= 11 is 0. The maximum Gasteiger partial charge on any atom is 0.326 e. The summed E-state index contributed by atoms with van der Waals surface area (Å²) in [6, 6.07) is -0.931. The molecule has 7 heteroatoms. The second-order valence-corrected chi connectivity index (χ2v) is 11.6. The van der Waals surface area contributed by atoms with E-state index in [2.05, 4.69) is 30.4 Å². The molecule has 0 heterocycles. The van der Waals surface area contributed by atoms with Crippen LogP contribution >= 0.6 is 0 Å². The minimum absolute atomic E-state index is 0.101. The summed E-state index contributed by atoms with van der Waals surface area (Å²) in [6.07, 6.45) is 10.6. The van der Waals surface area contributed by atoms with Gasteiger partial charge in [-0.25, -0.2) is 4.79 Å². The average Bonchev–Trinajstić information content (AvgIpc) is 3.06. The fourth-order valence-corrected chi connectivity index (χ4v) is 7.52. The maximum atomic E-state index is 12.1. The highest BCUT2D eigenvalue weighted by Gasteiger charge is 2.58. The molecule has 4 rings (SSSR count). The van der Waals surface area contributed by atoms with Gasteiger partial charge in [0, 0.05) is 0 Å². The van der Waals surface area contributed by atoms with Crippen molar-refractivity contribution in [2.45, 2.75) is 91.2 Å². The number of aliphatic carboxylic acids is 1. The number of nitrogens with one attached hydrogen (secondary N) is 1. The number of hydrogen-bond acceptors (Lipinski definition) is 5. The number of carboxylic acid groups (broad SMARTS) is 1. The van der Waals surface area contributed by atoms with E-state index in [0.717, 1.165) is 44.2 Å². The Kier molecular flexibility index (Phi) is 6.64. The SMILES string of the molecule is CC(C)[C@H](NC(=O)CO/N=C1\C=C2CC[C@H]3[C@@H]4CC[C@H](O)[C@@]4(C)CC[C@@H]3[C@@]2(C)CC1)C(=O)O. The molecule has 184 valence electrons. The van der Waals surface area contributed by atoms with Crippen LogP contribution in [-0.2, 0) is 14.4 Å². The molecule has 3 N–H and O–H groups in total. The molecule has 33 heavy (non-hydrogen) atoms. The van der Waals surface area contributed by atoms with Gasteiger partial charge in [-0.2, -0.15) is 0 Å². The number of allylic oxidation sites excluding steroid dienone is 2. The summed E-state index contributed by atoms with van der Waals surface area (Å²) in [5.74, 6) is 0.272. The number of fused-ring (bicyclic) bond motifs is 5. The third-order valence-electron chi connectivity index (χ3n) is 9.55. The van der Waals surface area contributed by atoms with E-state index in [4.69, 9.17) is 4.84 Å². The van der Waals surface area contributed by atoms with Crippen LogP contribution in [0.15, 0.2) is 16.8 Å². The van der Waals surface area contributed by atoms with Crippen molar-refractivity contribution < 1.29 is 24.6 Å². The van der Waals surface area contributed by atoms with Crippen molar-refractivity contribution in [3.8, 4) is 0 Å². The summed E-state index contributed by atoms with van der Waals surface area (Å²) in [7, 11) is 0. The number of hydrogen-bond donors (Lipinski definition) is 3. The predicted molar refractivity (Wildman–Crippen MR) is 126 cm³/mol. The Morgan fingerprint density at radius 3 is 2.61 bits per heavy atom. The average molecular weight is 461 g/mol. The summed E-state index contributed by atoms with van der Waals surface area (Å²) in [5, 5.41) is 26.6. The summed E-state index contributed by atoms with van der Waals surface area (Å²) < 4.78 is 0. The molecule has 4 aliphatic rings. The van der Waals surface area contributed by atoms with Gasteiger partial charge in [0.1, 0.15) is 6.04 Å². The normalized spacial score (nSPS) is 39.8. The van der Waals surface area contributed by atoms with Gasteiger partial charge in [-0.05, 0) is 91.9 Å². The van der Waals surface area contributed by atoms with Crippen LogP contribution in [0.1, 0.15) is 79.1 Å². The van der Waals surface area contributed by atoms with Gasteiger partial charge in [0.15, 0.2) is 6.61 Å². The summed E-state index contributed by atoms with van der Waals surface area (Å²) in [6.45, 7) is 7.96. The van der Waals surface area contributed by atoms with E-state index in [0.29, 0.717) is 17.8 Å². The monoisotopic (exact) mass is 460 g/mol. The standard InChI is InChI=1S/C26H40N2O5/c1-15(2)23(24(31)32)27-22(30)14-33-28-17-9-11-25(3)16(13-17)5-6-18-19-7-8-21(29)26(19,4)12-10-20(18)25/h13,15,18-21,23,29H,5-12,14H2,1-4H3,(H,27,30)(H,31,32)/b28-17-/t18-,19-,20-,21-,23-,25-,26-/m0/s1. The van der Waals surface area contributed by atoms with Crippen molar-refractivity contribution in [1.82, 2.24) is 5.32 Å². The number of carbonyl (C=O) groups is 2. The van der Waals surface area contributed by atoms with Crippen LogP contribution < -0.4 is 5.32 Å². The van der Waals surface area contributed by atoms with E-state index < -0.39 is 17.9 Å². The molecule has 0 aromatic rings. The number of carbonyl (C=O) groups excluding carboxylic acids is 1. The molecular weight excluding hydrogens is 420 g/mol. The van der Waals surface area contributed by atoms with Crippen LogP contribution in [0.2, 0.25) is 0 Å². The molecule has 0 aromatic carbocycles. The van der Waals surface area contributed by atoms with Gasteiger partial charge < -0.3 is 20.4 Å². The lowest BCUT2D eigenvalue weighted by Gasteiger charge is -2.57. The van der Waals surface area contributed by atoms with Crippen LogP contribution in [-0.4, -0.2) is 46.6 Å². The fourth-order valence-electron chi connectivity index (χ4n) is 7.52. The topological polar surface area (TPSA) is 108 Å². The van der Waals surface area contributed by atoms with Crippen LogP contribution in [0, 0.1) is 34.5 Å². The first-order valence-corrected chi connectivity index (χ1v) is 12.7. The Hall–Kier alpha value is -1.89. The van der Waals surface area contributed by atoms with E-state index in [9.17, 15) is 19.8 Å². The molecule has 0 bridgehead atoms. The predicted octanol–water partition coefficient (Wildman–Crippen LogP) is 3.91. The molecule has 1 amide bonds. The molecule has 0 aromatic heterocycles. The molecule has 3 saturated carbocycles. The largest absolute Gasteiger partial charge is 0.480 e. The number of carboxylic acids is 1. The Balaban J connectivity index is 1.39. The van der Waals surface area contributed by atoms with E-state index in [1.807, 2.05) is 0 Å². The number of aliphatic hydroxyl groups is 1. The highest BCUT2D eigenvalue weighted by Crippen LogP contribution is 2.65. The van der Waals surface area contributed by atoms with Crippen molar-refractivity contribution in [3.63, 3.8) is 0 Å². The van der Waals surface area contributed by atoms with Crippen LogP contribution in [0.4, 0.5) is 0 Å². The van der Waals surface area contributed by atoms with Crippen molar-refractivity contribution in [2.75, 3.05) is 6.61 Å². The number of amides is 1. The van der Waals surface area contributed by atoms with Crippen molar-refractivity contribution in [3.05, 3.63) is 11.6 Å². The lowest BCUT2D eigenvalue weighted by atomic mass is 9.47. The molecule has 0 radical (unpaired) electrons. The van der Waals surface area contributed by atoms with Gasteiger partial charge in [-0.15, -0.1) is 0 Å². The van der Waals surface area contributed by atoms with Crippen LogP contribution in [0.5, 0.6) is 0 Å². The third kappa shape index (κ3) is 4.33. The van der Waals surface area contributed by atoms with E-state index in [1.54, 1.807) is 13.8 Å². The number of oxime groups is 1. The van der Waals surface area contributed by atoms with Gasteiger partial charge in [-0.1, -0.05) is 38.4 Å². The van der Waals surface area contributed by atoms with Gasteiger partial charge >= 0.3 is 5.97 Å². The minimum atomic E-state index is -1.05. The Bertz CT molecular complexity index is 852. The second kappa shape index (κ2) is 9.05. The fraction of sp³-hybridized carbons (Fsp3) is 0.808. The lowest BCUT2D eigenvalue weighted by molar-refractivity contribution is -0.143. The van der Waals surface area contributed by atoms with Crippen molar-refractivity contribution in [1.29, 1.82) is 0 Å². The van der Waals surface area contributed by atoms with Gasteiger partial charge in [0.25, 0.3) is 5.91 Å². The highest BCUT2D eigenvalue weighted by molar-refractivity contribution is 5.96. The first-order valence-electron chi connectivity index (χ1n) is 12.7. The minimum Gasteiger partial charge on any atom is -0.480 e. The highest BCUT2D eigenvalue weighted by atomic mass is 16.6. The quantitative estimate of drug-likeness (QED) is 0.521. The maximum absolute atomic E-state index is 12.1. The molecule has 0 saturated heterocycles. The van der Waals surface area contributed by atoms with Gasteiger partial charge in [0.05, 0.1) is 11.8 Å². The number of aliphatic hydroxyl groups excluding tert-OH is 1. The number of rotatable bonds is 6. The molecule has 7 atom stereocenters. The first-order chi connectivity index (χ1) is 15.6. The van der Waals surface area contributed by atoms with E-state index in [1.165, 1.54) is 18.4 Å². The Morgan fingerprint density at radius 1 is 1.15 bits per heavy atom. The first kappa shape index (κ1) is 24.2. The smallest absolute Gasteiger partial charge is 0.326 e. The van der Waals surface area contributed by atoms with Crippen LogP contribution in [0.3, 0.4) is 0 Å². The molecule has 0 spiro atoms. The van der Waals surface area contributed by atoms with Gasteiger partial charge in [0.2, 0.25) is 0 Å². The molecule has 0 aliphatic heterocycles. The summed E-state index contributed by atoms with van der Waals surface area (Å²) in [4.78, 5) is 28.6. The second-order valence-electron chi connectivity index (χ2n) is 11.6. The lowest BCUT2D eigenvalue weighted by Crippen LogP contribution is -2.51. The number of nitrogens with zero attached hydrogens (tertiary/aromatic N) is 1. The zero-order valence-corrected chi connectivity index (χ0v) is 20.5. The van der Waals surface area contributed by atoms with Crippen molar-refractivity contribution in [2.24, 2.45) is 39.7 Å². The Labute approximate surface area is 197 Å². The van der Waals surface area contributed by atoms with E-state index >= 15 is 0 Å². The van der Waals surface area contributed by atoms with E-state index in [-0.39, 0.29) is 29.5 Å². The molecule has 0 unspecified atom stereocenters. The van der Waals surface area contributed by atoms with Crippen LogP contribution in [0.25, 0.3) is 0 Å². The molecular formula is C26H40N2O5. The third-order valence-corrected chi connectivity index (χ3v) is 9.55. The zero-order chi connectivity index (χ0) is 24.0. The van der Waals surface area contributed by atoms with Gasteiger partial charge in [-0.3, -0.25) is 4.79 Å². The molecule has 3 fully saturated rings. The van der Waals surface area contributed by atoms with Crippen molar-refractivity contribution >= 4 is 17.6 Å². The summed E-state index contributed by atoms with van der Waals surface area (Å²) in [5.41, 5.74) is 2.60. The molecule has 4 aliphatic carbocycles. The Morgan fingerprint density at radius 2 is 1.91 bits per heavy atom.